The number of benzene rings is 1. The van der Waals surface area contributed by atoms with E-state index < -0.39 is 19.9 Å². The normalized spacial score (nSPS) is 13.3. The monoisotopic (exact) mass is 341 g/mol. The summed E-state index contributed by atoms with van der Waals surface area (Å²) in [5.41, 5.74) is 0.616. The van der Waals surface area contributed by atoms with Crippen molar-refractivity contribution in [3.05, 3.63) is 24.3 Å². The van der Waals surface area contributed by atoms with Crippen LogP contribution in [-0.2, 0) is 9.13 Å². The fourth-order valence-corrected chi connectivity index (χ4v) is 6.80. The Morgan fingerprint density at radius 1 is 1.11 bits per heavy atom. The zero-order valence-corrected chi connectivity index (χ0v) is 12.6. The number of fused-ring (bicyclic) bond motifs is 1. The Morgan fingerprint density at radius 3 is 2.21 bits per heavy atom. The standard InChI is InChI=1S/C8H9NO6P2S2/c10-16(11,12)8(17(13,14)15)19-7-9-5-3-1-2-4-6(5)18-7/h1-4,8H,(H2,10,11,12)(H2,13,14,15). The summed E-state index contributed by atoms with van der Waals surface area (Å²) in [5, 5.41) is 0. The predicted molar refractivity (Wildman–Crippen MR) is 73.4 cm³/mol. The van der Waals surface area contributed by atoms with Crippen molar-refractivity contribution in [2.24, 2.45) is 0 Å². The van der Waals surface area contributed by atoms with Gasteiger partial charge in [-0.2, -0.15) is 0 Å². The Hall–Kier alpha value is -0.240. The molecule has 0 spiro atoms. The fraction of sp³-hybridized carbons (Fsp3) is 0.125. The minimum atomic E-state index is -4.94. The number of hydrogen-bond acceptors (Lipinski definition) is 5. The molecule has 0 bridgehead atoms. The molecule has 19 heavy (non-hydrogen) atoms. The number of thiazole rings is 1. The van der Waals surface area contributed by atoms with Gasteiger partial charge in [-0.25, -0.2) is 4.98 Å². The molecule has 0 atom stereocenters. The highest BCUT2D eigenvalue weighted by Gasteiger charge is 2.45. The van der Waals surface area contributed by atoms with E-state index in [2.05, 4.69) is 4.98 Å². The van der Waals surface area contributed by atoms with Crippen molar-refractivity contribution in [3.8, 4) is 0 Å². The predicted octanol–water partition coefficient (Wildman–Crippen LogP) is 2.03. The second-order valence-electron chi connectivity index (χ2n) is 3.57. The molecule has 0 fully saturated rings. The SMILES string of the molecule is O=P(O)(O)C(Sc1nc2ccccc2s1)P(=O)(O)O. The largest absolute Gasteiger partial charge is 0.351 e. The number of rotatable bonds is 4. The molecule has 1 aromatic heterocycles. The van der Waals surface area contributed by atoms with E-state index in [0.717, 1.165) is 16.0 Å². The van der Waals surface area contributed by atoms with Gasteiger partial charge in [0.15, 0.2) is 4.34 Å². The van der Waals surface area contributed by atoms with E-state index in [1.54, 1.807) is 24.3 Å². The molecule has 2 aromatic rings. The first kappa shape index (κ1) is 15.2. The van der Waals surface area contributed by atoms with Gasteiger partial charge in [0.2, 0.25) is 4.73 Å². The highest BCUT2D eigenvalue weighted by molar-refractivity contribution is 8.13. The summed E-state index contributed by atoms with van der Waals surface area (Å²) in [7, 11) is -9.88. The lowest BCUT2D eigenvalue weighted by atomic mass is 10.3. The molecule has 0 aliphatic rings. The van der Waals surface area contributed by atoms with Crippen LogP contribution in [0.3, 0.4) is 0 Å². The van der Waals surface area contributed by atoms with Crippen LogP contribution < -0.4 is 0 Å². The molecule has 0 aliphatic heterocycles. The zero-order valence-electron chi connectivity index (χ0n) is 9.15. The summed E-state index contributed by atoms with van der Waals surface area (Å²) >= 11 is 1.53. The molecular formula is C8H9NO6P2S2. The highest BCUT2D eigenvalue weighted by Crippen LogP contribution is 2.66. The van der Waals surface area contributed by atoms with Crippen LogP contribution in [0.5, 0.6) is 0 Å². The average molecular weight is 341 g/mol. The molecule has 104 valence electrons. The third kappa shape index (κ3) is 3.65. The van der Waals surface area contributed by atoms with E-state index in [1.165, 1.54) is 0 Å². The summed E-state index contributed by atoms with van der Waals surface area (Å²) in [5.74, 6) is 0. The van der Waals surface area contributed by atoms with Gasteiger partial charge in [-0.05, 0) is 12.1 Å². The summed E-state index contributed by atoms with van der Waals surface area (Å²) in [6, 6.07) is 7.00. The Balaban J connectivity index is 2.37. The van der Waals surface area contributed by atoms with Crippen molar-refractivity contribution in [2.75, 3.05) is 0 Å². The van der Waals surface area contributed by atoms with Gasteiger partial charge in [-0.1, -0.05) is 23.9 Å². The van der Waals surface area contributed by atoms with E-state index in [4.69, 9.17) is 19.6 Å². The quantitative estimate of drug-likeness (QED) is 0.491. The van der Waals surface area contributed by atoms with Crippen molar-refractivity contribution in [1.82, 2.24) is 4.98 Å². The molecule has 0 radical (unpaired) electrons. The van der Waals surface area contributed by atoms with Gasteiger partial charge in [0.1, 0.15) is 0 Å². The summed E-state index contributed by atoms with van der Waals surface area (Å²) in [6.07, 6.45) is 0. The number of hydrogen-bond donors (Lipinski definition) is 4. The molecule has 0 saturated carbocycles. The number of thioether (sulfide) groups is 1. The van der Waals surface area contributed by atoms with Gasteiger partial charge in [-0.3, -0.25) is 9.13 Å². The van der Waals surface area contributed by atoms with Crippen LogP contribution in [0, 0.1) is 0 Å². The lowest BCUT2D eigenvalue weighted by molar-refractivity contribution is 0.352. The molecule has 11 heteroatoms. The Bertz CT molecular complexity index is 636. The molecule has 7 nitrogen and oxygen atoms in total. The fourth-order valence-electron chi connectivity index (χ4n) is 1.32. The molecule has 0 saturated heterocycles. The van der Waals surface area contributed by atoms with Crippen molar-refractivity contribution in [3.63, 3.8) is 0 Å². The first-order valence-electron chi connectivity index (χ1n) is 4.80. The molecule has 1 aromatic carbocycles. The van der Waals surface area contributed by atoms with Gasteiger partial charge in [-0.15, -0.1) is 11.3 Å². The molecule has 1 heterocycles. The lowest BCUT2D eigenvalue weighted by Crippen LogP contribution is -2.04. The first-order valence-corrected chi connectivity index (χ1v) is 9.86. The second kappa shape index (κ2) is 5.27. The van der Waals surface area contributed by atoms with Crippen LogP contribution in [0.4, 0.5) is 0 Å². The molecular weight excluding hydrogens is 332 g/mol. The van der Waals surface area contributed by atoms with E-state index in [0.29, 0.717) is 17.3 Å². The third-order valence-corrected chi connectivity index (χ3v) is 9.17. The maximum Gasteiger partial charge on any atom is 0.351 e. The molecule has 0 unspecified atom stereocenters. The molecule has 0 amide bonds. The number of para-hydroxylation sites is 1. The van der Waals surface area contributed by atoms with Crippen LogP contribution in [0.25, 0.3) is 10.2 Å². The molecule has 4 N–H and O–H groups in total. The molecule has 0 aliphatic carbocycles. The summed E-state index contributed by atoms with van der Waals surface area (Å²) in [4.78, 5) is 40.2. The Morgan fingerprint density at radius 2 is 1.68 bits per heavy atom. The smallest absolute Gasteiger partial charge is 0.323 e. The summed E-state index contributed by atoms with van der Waals surface area (Å²) < 4.78 is 21.2. The van der Waals surface area contributed by atoms with Gasteiger partial charge in [0, 0.05) is 0 Å². The van der Waals surface area contributed by atoms with Crippen molar-refractivity contribution >= 4 is 48.5 Å². The third-order valence-electron chi connectivity index (χ3n) is 2.06. The lowest BCUT2D eigenvalue weighted by Gasteiger charge is -2.17. The second-order valence-corrected chi connectivity index (χ2v) is 10.4. The van der Waals surface area contributed by atoms with Crippen molar-refractivity contribution in [2.45, 2.75) is 9.07 Å². The number of aromatic nitrogens is 1. The minimum Gasteiger partial charge on any atom is -0.323 e. The van der Waals surface area contributed by atoms with Gasteiger partial charge in [0.05, 0.1) is 10.2 Å². The Kier molecular flexibility index (Phi) is 4.21. The van der Waals surface area contributed by atoms with E-state index in [-0.39, 0.29) is 4.34 Å². The average Bonchev–Trinajstić information content (AvgIpc) is 2.65. The van der Waals surface area contributed by atoms with Crippen LogP contribution >= 0.6 is 38.3 Å². The van der Waals surface area contributed by atoms with E-state index in [9.17, 15) is 9.13 Å². The van der Waals surface area contributed by atoms with Crippen LogP contribution in [-0.4, -0.2) is 29.3 Å². The van der Waals surface area contributed by atoms with Crippen molar-refractivity contribution in [1.29, 1.82) is 0 Å². The van der Waals surface area contributed by atoms with Crippen LogP contribution in [0.15, 0.2) is 28.6 Å². The van der Waals surface area contributed by atoms with Crippen LogP contribution in [0.1, 0.15) is 0 Å². The zero-order chi connectivity index (χ0) is 14.3. The molecule has 2 rings (SSSR count). The topological polar surface area (TPSA) is 128 Å². The number of nitrogens with zero attached hydrogens (tertiary/aromatic N) is 1. The van der Waals surface area contributed by atoms with E-state index in [1.807, 2.05) is 0 Å². The minimum absolute atomic E-state index is 0.206. The highest BCUT2D eigenvalue weighted by atomic mass is 32.2. The maximum atomic E-state index is 11.2. The first-order chi connectivity index (χ1) is 8.68. The Labute approximate surface area is 116 Å². The summed E-state index contributed by atoms with van der Waals surface area (Å²) in [6.45, 7) is 0. The van der Waals surface area contributed by atoms with Gasteiger partial charge in [0.25, 0.3) is 0 Å². The van der Waals surface area contributed by atoms with Crippen LogP contribution in [0.2, 0.25) is 0 Å². The van der Waals surface area contributed by atoms with Crippen molar-refractivity contribution < 1.29 is 28.7 Å². The van der Waals surface area contributed by atoms with Gasteiger partial charge >= 0.3 is 15.2 Å². The maximum absolute atomic E-state index is 11.2. The van der Waals surface area contributed by atoms with Gasteiger partial charge < -0.3 is 19.6 Å². The van der Waals surface area contributed by atoms with E-state index >= 15 is 0 Å².